The summed E-state index contributed by atoms with van der Waals surface area (Å²) in [5.41, 5.74) is 0.854. The lowest BCUT2D eigenvalue weighted by atomic mass is 10.1. The number of hydrogen-bond donors (Lipinski definition) is 1. The zero-order chi connectivity index (χ0) is 18.0. The molecule has 0 radical (unpaired) electrons. The molecule has 0 bridgehead atoms. The summed E-state index contributed by atoms with van der Waals surface area (Å²) in [6, 6.07) is 10.1. The number of rotatable bonds is 4. The van der Waals surface area contributed by atoms with E-state index in [-0.39, 0.29) is 23.6 Å². The smallest absolute Gasteiger partial charge is 0.261 e. The van der Waals surface area contributed by atoms with E-state index in [0.29, 0.717) is 16.8 Å². The first kappa shape index (κ1) is 16.5. The fourth-order valence-corrected chi connectivity index (χ4v) is 2.43. The van der Waals surface area contributed by atoms with Crippen molar-refractivity contribution in [3.63, 3.8) is 0 Å². The summed E-state index contributed by atoms with van der Waals surface area (Å²) in [5, 5.41) is 2.73. The third kappa shape index (κ3) is 3.60. The van der Waals surface area contributed by atoms with Crippen molar-refractivity contribution in [3.05, 3.63) is 70.5 Å². The number of aromatic nitrogens is 2. The quantitative estimate of drug-likeness (QED) is 0.740. The van der Waals surface area contributed by atoms with Gasteiger partial charge in [-0.15, -0.1) is 0 Å². The maximum absolute atomic E-state index is 13.3. The third-order valence-corrected chi connectivity index (χ3v) is 3.63. The average Bonchev–Trinajstić information content (AvgIpc) is 2.58. The van der Waals surface area contributed by atoms with Crippen LogP contribution in [0, 0.1) is 5.82 Å². The summed E-state index contributed by atoms with van der Waals surface area (Å²) in [6.45, 7) is 1.18. The van der Waals surface area contributed by atoms with Crippen LogP contribution < -0.4 is 10.9 Å². The molecule has 25 heavy (non-hydrogen) atoms. The van der Waals surface area contributed by atoms with Crippen LogP contribution in [0.25, 0.3) is 10.9 Å². The molecule has 0 spiro atoms. The molecule has 3 aromatic rings. The van der Waals surface area contributed by atoms with E-state index in [2.05, 4.69) is 10.3 Å². The van der Waals surface area contributed by atoms with Crippen molar-refractivity contribution in [2.45, 2.75) is 13.5 Å². The normalized spacial score (nSPS) is 10.6. The highest BCUT2D eigenvalue weighted by molar-refractivity contribution is 5.97. The molecular formula is C18H14FN3O3. The Balaban J connectivity index is 1.85. The molecule has 1 aromatic heterocycles. The van der Waals surface area contributed by atoms with Gasteiger partial charge in [-0.2, -0.15) is 0 Å². The molecule has 0 aliphatic carbocycles. The molecule has 0 unspecified atom stereocenters. The fourth-order valence-electron chi connectivity index (χ4n) is 2.43. The third-order valence-electron chi connectivity index (χ3n) is 3.63. The van der Waals surface area contributed by atoms with Crippen molar-refractivity contribution in [1.29, 1.82) is 0 Å². The number of carbonyl (C=O) groups excluding carboxylic acids is 2. The number of Topliss-reactive ketones (excluding diaryl/α,β-unsaturated/α-hetero) is 1. The van der Waals surface area contributed by atoms with Gasteiger partial charge in [0.1, 0.15) is 5.82 Å². The number of ketones is 1. The van der Waals surface area contributed by atoms with Crippen molar-refractivity contribution in [2.75, 3.05) is 5.32 Å². The molecule has 7 heteroatoms. The number of halogens is 1. The molecule has 0 saturated carbocycles. The Labute approximate surface area is 141 Å². The number of nitrogens with one attached hydrogen (secondary N) is 1. The van der Waals surface area contributed by atoms with Gasteiger partial charge in [0.25, 0.3) is 5.56 Å². The Morgan fingerprint density at radius 1 is 1.16 bits per heavy atom. The second-order valence-corrected chi connectivity index (χ2v) is 5.52. The van der Waals surface area contributed by atoms with E-state index in [9.17, 15) is 18.8 Å². The van der Waals surface area contributed by atoms with Gasteiger partial charge in [0.05, 0.1) is 23.8 Å². The van der Waals surface area contributed by atoms with Gasteiger partial charge >= 0.3 is 0 Å². The molecule has 0 aliphatic rings. The average molecular weight is 339 g/mol. The molecule has 126 valence electrons. The SMILES string of the molecule is CC(=O)Nc1ccc(C(=O)Cn2cnc3ccc(F)cc3c2=O)cc1. The van der Waals surface area contributed by atoms with Gasteiger partial charge in [0.2, 0.25) is 5.91 Å². The Kier molecular flexibility index (Phi) is 4.38. The molecular weight excluding hydrogens is 325 g/mol. The lowest BCUT2D eigenvalue weighted by Gasteiger charge is -2.07. The Hall–Kier alpha value is -3.35. The molecule has 0 fully saturated rings. The van der Waals surface area contributed by atoms with E-state index in [0.717, 1.165) is 10.6 Å². The van der Waals surface area contributed by atoms with Crippen LogP contribution >= 0.6 is 0 Å². The standard InChI is InChI=1S/C18H14FN3O3/c1-11(23)21-14-5-2-12(3-6-14)17(24)9-22-10-20-16-7-4-13(19)8-15(16)18(22)25/h2-8,10H,9H2,1H3,(H,21,23). The Morgan fingerprint density at radius 3 is 2.56 bits per heavy atom. The lowest BCUT2D eigenvalue weighted by molar-refractivity contribution is -0.114. The maximum atomic E-state index is 13.3. The molecule has 0 atom stereocenters. The second kappa shape index (κ2) is 6.64. The van der Waals surface area contributed by atoms with Crippen LogP contribution in [0.2, 0.25) is 0 Å². The van der Waals surface area contributed by atoms with Crippen LogP contribution in [0.3, 0.4) is 0 Å². The van der Waals surface area contributed by atoms with Gasteiger partial charge in [0.15, 0.2) is 5.78 Å². The molecule has 1 amide bonds. The topological polar surface area (TPSA) is 81.1 Å². The molecule has 0 aliphatic heterocycles. The van der Waals surface area contributed by atoms with Crippen molar-refractivity contribution in [1.82, 2.24) is 9.55 Å². The summed E-state index contributed by atoms with van der Waals surface area (Å²) in [4.78, 5) is 39.8. The van der Waals surface area contributed by atoms with Crippen molar-refractivity contribution in [2.24, 2.45) is 0 Å². The monoisotopic (exact) mass is 339 g/mol. The summed E-state index contributed by atoms with van der Waals surface area (Å²) >= 11 is 0. The highest BCUT2D eigenvalue weighted by Gasteiger charge is 2.11. The van der Waals surface area contributed by atoms with Crippen molar-refractivity contribution >= 4 is 28.3 Å². The number of hydrogen-bond acceptors (Lipinski definition) is 4. The van der Waals surface area contributed by atoms with Crippen LogP contribution in [0.5, 0.6) is 0 Å². The number of carbonyl (C=O) groups is 2. The van der Waals surface area contributed by atoms with Crippen molar-refractivity contribution < 1.29 is 14.0 Å². The first-order valence-corrected chi connectivity index (χ1v) is 7.49. The molecule has 3 rings (SSSR count). The van der Waals surface area contributed by atoms with E-state index in [1.807, 2.05) is 0 Å². The Bertz CT molecular complexity index is 1030. The van der Waals surface area contributed by atoms with Crippen molar-refractivity contribution in [3.8, 4) is 0 Å². The summed E-state index contributed by atoms with van der Waals surface area (Å²) in [5.74, 6) is -1.04. The van der Waals surface area contributed by atoms with E-state index in [1.54, 1.807) is 24.3 Å². The van der Waals surface area contributed by atoms with Gasteiger partial charge in [-0.1, -0.05) is 0 Å². The fraction of sp³-hybridized carbons (Fsp3) is 0.111. The number of fused-ring (bicyclic) bond motifs is 1. The molecule has 0 saturated heterocycles. The molecule has 6 nitrogen and oxygen atoms in total. The number of amides is 1. The molecule has 1 N–H and O–H groups in total. The first-order chi connectivity index (χ1) is 11.9. The van der Waals surface area contributed by atoms with Crippen LogP contribution in [0.15, 0.2) is 53.6 Å². The van der Waals surface area contributed by atoms with E-state index >= 15 is 0 Å². The maximum Gasteiger partial charge on any atom is 0.261 e. The van der Waals surface area contributed by atoms with Gasteiger partial charge in [-0.3, -0.25) is 19.0 Å². The van der Waals surface area contributed by atoms with Crippen LogP contribution in [0.1, 0.15) is 17.3 Å². The van der Waals surface area contributed by atoms with Crippen LogP contribution in [-0.4, -0.2) is 21.2 Å². The molecule has 2 aromatic carbocycles. The zero-order valence-corrected chi connectivity index (χ0v) is 13.3. The number of anilines is 1. The first-order valence-electron chi connectivity index (χ1n) is 7.49. The van der Waals surface area contributed by atoms with Gasteiger partial charge in [-0.25, -0.2) is 9.37 Å². The Morgan fingerprint density at radius 2 is 1.88 bits per heavy atom. The lowest BCUT2D eigenvalue weighted by Crippen LogP contribution is -2.24. The van der Waals surface area contributed by atoms with Gasteiger partial charge in [0, 0.05) is 18.2 Å². The van der Waals surface area contributed by atoms with E-state index in [1.165, 1.54) is 25.4 Å². The van der Waals surface area contributed by atoms with Gasteiger partial charge < -0.3 is 5.32 Å². The van der Waals surface area contributed by atoms with E-state index in [4.69, 9.17) is 0 Å². The van der Waals surface area contributed by atoms with Crippen LogP contribution in [-0.2, 0) is 11.3 Å². The predicted octanol–water partition coefficient (Wildman–Crippen LogP) is 2.38. The minimum Gasteiger partial charge on any atom is -0.326 e. The predicted molar refractivity (Wildman–Crippen MR) is 91.0 cm³/mol. The number of nitrogens with zero attached hydrogens (tertiary/aromatic N) is 2. The van der Waals surface area contributed by atoms with Gasteiger partial charge in [-0.05, 0) is 42.5 Å². The summed E-state index contributed by atoms with van der Waals surface area (Å²) < 4.78 is 14.5. The highest BCUT2D eigenvalue weighted by atomic mass is 19.1. The highest BCUT2D eigenvalue weighted by Crippen LogP contribution is 2.12. The minimum absolute atomic E-state index is 0.122. The summed E-state index contributed by atoms with van der Waals surface area (Å²) in [7, 11) is 0. The minimum atomic E-state index is -0.538. The largest absolute Gasteiger partial charge is 0.326 e. The molecule has 1 heterocycles. The zero-order valence-electron chi connectivity index (χ0n) is 13.3. The van der Waals surface area contributed by atoms with Crippen LogP contribution in [0.4, 0.5) is 10.1 Å². The van der Waals surface area contributed by atoms with E-state index < -0.39 is 11.4 Å². The second-order valence-electron chi connectivity index (χ2n) is 5.52. The number of benzene rings is 2. The summed E-state index contributed by atoms with van der Waals surface area (Å²) in [6.07, 6.45) is 1.27.